The Morgan fingerprint density at radius 1 is 1.13 bits per heavy atom. The van der Waals surface area contributed by atoms with Gasteiger partial charge in [-0.3, -0.25) is 0 Å². The number of likely N-dealkylation sites (N-methyl/N-ethyl adjacent to an activating group) is 1. The second kappa shape index (κ2) is 4.53. The Balaban J connectivity index is 2.04. The van der Waals surface area contributed by atoms with Crippen LogP contribution in [0.25, 0.3) is 0 Å². The zero-order valence-electron chi connectivity index (χ0n) is 9.32. The molecule has 82 valence electrons. The third-order valence-corrected chi connectivity index (χ3v) is 3.10. The summed E-state index contributed by atoms with van der Waals surface area (Å²) in [5.74, 6) is 0. The molecule has 1 aromatic carbocycles. The molecule has 2 rings (SSSR count). The van der Waals surface area contributed by atoms with Crippen LogP contribution in [0.15, 0.2) is 24.3 Å². The van der Waals surface area contributed by atoms with E-state index < -0.39 is 0 Å². The number of hydrogen-bond donors (Lipinski definition) is 1. The van der Waals surface area contributed by atoms with Crippen LogP contribution in [-0.4, -0.2) is 37.6 Å². The van der Waals surface area contributed by atoms with Crippen molar-refractivity contribution < 1.29 is 0 Å². The molecule has 0 unspecified atom stereocenters. The molecule has 0 aromatic heterocycles. The highest BCUT2D eigenvalue weighted by molar-refractivity contribution is 5.67. The molecule has 2 N–H and O–H groups in total. The van der Waals surface area contributed by atoms with Gasteiger partial charge in [-0.2, -0.15) is 0 Å². The molecule has 1 saturated heterocycles. The summed E-state index contributed by atoms with van der Waals surface area (Å²) in [6, 6.07) is 8.12. The fraction of sp³-hybridized carbons (Fsp3) is 0.500. The molecule has 0 aliphatic carbocycles. The van der Waals surface area contributed by atoms with Crippen LogP contribution in [-0.2, 0) is 0 Å². The van der Waals surface area contributed by atoms with E-state index in [1.54, 1.807) is 0 Å². The van der Waals surface area contributed by atoms with Crippen molar-refractivity contribution in [3.63, 3.8) is 0 Å². The van der Waals surface area contributed by atoms with Gasteiger partial charge < -0.3 is 15.5 Å². The first-order chi connectivity index (χ1) is 7.31. The van der Waals surface area contributed by atoms with Gasteiger partial charge in [-0.05, 0) is 18.7 Å². The van der Waals surface area contributed by atoms with Crippen LogP contribution in [0.4, 0.5) is 11.4 Å². The molecule has 0 bridgehead atoms. The minimum Gasteiger partial charge on any atom is -0.397 e. The van der Waals surface area contributed by atoms with Crippen LogP contribution in [0.5, 0.6) is 0 Å². The topological polar surface area (TPSA) is 32.5 Å². The molecular formula is C12H19N3. The molecule has 3 nitrogen and oxygen atoms in total. The smallest absolute Gasteiger partial charge is 0.0600 e. The Morgan fingerprint density at radius 2 is 1.80 bits per heavy atom. The lowest BCUT2D eigenvalue weighted by Gasteiger charge is -2.36. The zero-order chi connectivity index (χ0) is 10.7. The van der Waals surface area contributed by atoms with Gasteiger partial charge in [0, 0.05) is 26.2 Å². The summed E-state index contributed by atoms with van der Waals surface area (Å²) in [4.78, 5) is 4.84. The fourth-order valence-corrected chi connectivity index (χ4v) is 2.08. The molecule has 1 aliphatic rings. The van der Waals surface area contributed by atoms with Crippen LogP contribution in [0.1, 0.15) is 6.92 Å². The summed E-state index contributed by atoms with van der Waals surface area (Å²) < 4.78 is 0. The van der Waals surface area contributed by atoms with Gasteiger partial charge in [0.1, 0.15) is 0 Å². The Hall–Kier alpha value is -1.22. The number of rotatable bonds is 2. The number of benzene rings is 1. The maximum Gasteiger partial charge on any atom is 0.0600 e. The second-order valence-corrected chi connectivity index (χ2v) is 3.98. The van der Waals surface area contributed by atoms with Crippen molar-refractivity contribution in [3.05, 3.63) is 24.3 Å². The van der Waals surface area contributed by atoms with Crippen LogP contribution in [0, 0.1) is 0 Å². The van der Waals surface area contributed by atoms with Gasteiger partial charge in [0.2, 0.25) is 0 Å². The molecule has 0 saturated carbocycles. The van der Waals surface area contributed by atoms with Gasteiger partial charge in [0.15, 0.2) is 0 Å². The van der Waals surface area contributed by atoms with Crippen LogP contribution < -0.4 is 10.6 Å². The summed E-state index contributed by atoms with van der Waals surface area (Å²) in [6.07, 6.45) is 0. The number of hydrogen-bond acceptors (Lipinski definition) is 3. The molecule has 1 fully saturated rings. The highest BCUT2D eigenvalue weighted by Crippen LogP contribution is 2.23. The predicted molar refractivity (Wildman–Crippen MR) is 65.2 cm³/mol. The number of nitrogen functional groups attached to an aromatic ring is 1. The standard InChI is InChI=1S/C12H19N3/c1-2-14-7-9-15(10-8-14)12-6-4-3-5-11(12)13/h3-6H,2,7-10,13H2,1H3. The van der Waals surface area contributed by atoms with E-state index in [2.05, 4.69) is 28.9 Å². The first kappa shape index (κ1) is 10.3. The van der Waals surface area contributed by atoms with E-state index >= 15 is 0 Å². The lowest BCUT2D eigenvalue weighted by atomic mass is 10.2. The van der Waals surface area contributed by atoms with Gasteiger partial charge in [0.05, 0.1) is 11.4 Å². The quantitative estimate of drug-likeness (QED) is 0.741. The Morgan fingerprint density at radius 3 is 2.40 bits per heavy atom. The summed E-state index contributed by atoms with van der Waals surface area (Å²) >= 11 is 0. The normalized spacial score (nSPS) is 18.1. The zero-order valence-corrected chi connectivity index (χ0v) is 9.32. The summed E-state index contributed by atoms with van der Waals surface area (Å²) in [5, 5.41) is 0. The second-order valence-electron chi connectivity index (χ2n) is 3.98. The van der Waals surface area contributed by atoms with Crippen molar-refractivity contribution in [2.24, 2.45) is 0 Å². The van der Waals surface area contributed by atoms with E-state index in [1.807, 2.05) is 12.1 Å². The lowest BCUT2D eigenvalue weighted by Crippen LogP contribution is -2.46. The molecule has 1 aliphatic heterocycles. The highest BCUT2D eigenvalue weighted by atomic mass is 15.3. The van der Waals surface area contributed by atoms with E-state index in [1.165, 1.54) is 5.69 Å². The van der Waals surface area contributed by atoms with Gasteiger partial charge in [-0.15, -0.1) is 0 Å². The van der Waals surface area contributed by atoms with Crippen LogP contribution in [0.2, 0.25) is 0 Å². The largest absolute Gasteiger partial charge is 0.397 e. The fourth-order valence-electron chi connectivity index (χ4n) is 2.08. The maximum absolute atomic E-state index is 5.96. The number of para-hydroxylation sites is 2. The van der Waals surface area contributed by atoms with E-state index in [9.17, 15) is 0 Å². The van der Waals surface area contributed by atoms with Crippen molar-refractivity contribution >= 4 is 11.4 Å². The van der Waals surface area contributed by atoms with Crippen molar-refractivity contribution in [2.75, 3.05) is 43.4 Å². The molecule has 0 amide bonds. The minimum atomic E-state index is 0.891. The summed E-state index contributed by atoms with van der Waals surface area (Å²) in [7, 11) is 0. The summed E-state index contributed by atoms with van der Waals surface area (Å²) in [6.45, 7) is 7.82. The maximum atomic E-state index is 5.96. The van der Waals surface area contributed by atoms with Crippen LogP contribution in [0.3, 0.4) is 0 Å². The number of nitrogens with two attached hydrogens (primary N) is 1. The van der Waals surface area contributed by atoms with E-state index in [0.717, 1.165) is 38.4 Å². The molecule has 15 heavy (non-hydrogen) atoms. The monoisotopic (exact) mass is 205 g/mol. The number of anilines is 2. The first-order valence-corrected chi connectivity index (χ1v) is 5.63. The third kappa shape index (κ3) is 2.23. The van der Waals surface area contributed by atoms with Crippen molar-refractivity contribution in [1.29, 1.82) is 0 Å². The molecule has 0 spiro atoms. The third-order valence-electron chi connectivity index (χ3n) is 3.10. The van der Waals surface area contributed by atoms with Crippen LogP contribution >= 0.6 is 0 Å². The lowest BCUT2D eigenvalue weighted by molar-refractivity contribution is 0.271. The molecule has 3 heteroatoms. The van der Waals surface area contributed by atoms with Gasteiger partial charge >= 0.3 is 0 Å². The average molecular weight is 205 g/mol. The highest BCUT2D eigenvalue weighted by Gasteiger charge is 2.16. The molecule has 0 radical (unpaired) electrons. The summed E-state index contributed by atoms with van der Waals surface area (Å²) in [5.41, 5.74) is 8.04. The van der Waals surface area contributed by atoms with E-state index in [-0.39, 0.29) is 0 Å². The molecule has 1 heterocycles. The Kier molecular flexibility index (Phi) is 3.11. The Labute approximate surface area is 91.5 Å². The molecule has 1 aromatic rings. The van der Waals surface area contributed by atoms with Crippen molar-refractivity contribution in [2.45, 2.75) is 6.92 Å². The molecular weight excluding hydrogens is 186 g/mol. The number of piperazine rings is 1. The van der Waals surface area contributed by atoms with Crippen molar-refractivity contribution in [1.82, 2.24) is 4.90 Å². The average Bonchev–Trinajstić information content (AvgIpc) is 2.30. The first-order valence-electron chi connectivity index (χ1n) is 5.63. The predicted octanol–water partition coefficient (Wildman–Crippen LogP) is 1.41. The van der Waals surface area contributed by atoms with Gasteiger partial charge in [0.25, 0.3) is 0 Å². The van der Waals surface area contributed by atoms with Gasteiger partial charge in [-0.25, -0.2) is 0 Å². The minimum absolute atomic E-state index is 0.891. The molecule has 0 atom stereocenters. The number of nitrogens with zero attached hydrogens (tertiary/aromatic N) is 2. The SMILES string of the molecule is CCN1CCN(c2ccccc2N)CC1. The van der Waals surface area contributed by atoms with Gasteiger partial charge in [-0.1, -0.05) is 19.1 Å². The van der Waals surface area contributed by atoms with E-state index in [0.29, 0.717) is 0 Å². The van der Waals surface area contributed by atoms with Crippen molar-refractivity contribution in [3.8, 4) is 0 Å². The van der Waals surface area contributed by atoms with E-state index in [4.69, 9.17) is 5.73 Å². The Bertz CT molecular complexity index is 316.